The van der Waals surface area contributed by atoms with Crippen LogP contribution in [-0.2, 0) is 14.9 Å². The van der Waals surface area contributed by atoms with E-state index >= 15 is 0 Å². The first kappa shape index (κ1) is 19.1. The maximum atomic E-state index is 12.8. The van der Waals surface area contributed by atoms with Crippen LogP contribution in [0.2, 0.25) is 0 Å². The largest absolute Gasteiger partial charge is 0.497 e. The van der Waals surface area contributed by atoms with Crippen LogP contribution in [0.3, 0.4) is 0 Å². The fourth-order valence-electron chi connectivity index (χ4n) is 2.93. The molecule has 0 unspecified atom stereocenters. The quantitative estimate of drug-likeness (QED) is 0.888. The summed E-state index contributed by atoms with van der Waals surface area (Å²) in [5.74, 6) is 0.763. The Kier molecular flexibility index (Phi) is 6.28. The molecule has 0 saturated carbocycles. The van der Waals surface area contributed by atoms with Gasteiger partial charge in [0.1, 0.15) is 5.75 Å². The van der Waals surface area contributed by atoms with Crippen LogP contribution in [0.25, 0.3) is 0 Å². The lowest BCUT2D eigenvalue weighted by molar-refractivity contribution is -0.126. The van der Waals surface area contributed by atoms with Crippen molar-refractivity contribution in [3.05, 3.63) is 29.8 Å². The van der Waals surface area contributed by atoms with E-state index < -0.39 is 5.41 Å². The Hall–Kier alpha value is -2.24. The first-order chi connectivity index (χ1) is 11.9. The zero-order valence-electron chi connectivity index (χ0n) is 15.5. The number of benzene rings is 1. The van der Waals surface area contributed by atoms with Crippen molar-refractivity contribution in [3.8, 4) is 5.75 Å². The number of hydrogen-bond donors (Lipinski definition) is 1. The summed E-state index contributed by atoms with van der Waals surface area (Å²) in [7, 11) is 1.62. The van der Waals surface area contributed by atoms with Crippen LogP contribution >= 0.6 is 0 Å². The minimum Gasteiger partial charge on any atom is -0.497 e. The Morgan fingerprint density at radius 2 is 1.80 bits per heavy atom. The maximum Gasteiger partial charge on any atom is 0.409 e. The molecule has 0 spiro atoms. The standard InChI is InChI=1S/C19H28N2O4/c1-5-25-18(23)21-12-10-15(11-13-21)20-17(22)19(2,3)14-6-8-16(24-4)9-7-14/h6-9,15H,5,10-13H2,1-4H3,(H,20,22). The lowest BCUT2D eigenvalue weighted by Crippen LogP contribution is -2.50. The highest BCUT2D eigenvalue weighted by atomic mass is 16.6. The molecule has 6 heteroatoms. The van der Waals surface area contributed by atoms with Gasteiger partial charge in [0.05, 0.1) is 19.1 Å². The molecule has 1 aromatic carbocycles. The van der Waals surface area contributed by atoms with Gasteiger partial charge in [-0.2, -0.15) is 0 Å². The fraction of sp³-hybridized carbons (Fsp3) is 0.579. The molecule has 1 fully saturated rings. The van der Waals surface area contributed by atoms with Gasteiger partial charge in [0.15, 0.2) is 0 Å². The van der Waals surface area contributed by atoms with Crippen molar-refractivity contribution < 1.29 is 19.1 Å². The van der Waals surface area contributed by atoms with Gasteiger partial charge in [0, 0.05) is 19.1 Å². The van der Waals surface area contributed by atoms with Crippen molar-refractivity contribution in [2.75, 3.05) is 26.8 Å². The number of amides is 2. The summed E-state index contributed by atoms with van der Waals surface area (Å²) < 4.78 is 10.2. The van der Waals surface area contributed by atoms with Gasteiger partial charge < -0.3 is 19.7 Å². The van der Waals surface area contributed by atoms with Crippen molar-refractivity contribution in [1.29, 1.82) is 0 Å². The molecule has 1 heterocycles. The Morgan fingerprint density at radius 1 is 1.20 bits per heavy atom. The molecule has 1 saturated heterocycles. The van der Waals surface area contributed by atoms with E-state index in [1.165, 1.54) is 0 Å². The van der Waals surface area contributed by atoms with Gasteiger partial charge in [-0.3, -0.25) is 4.79 Å². The molecule has 1 aliphatic rings. The third-order valence-corrected chi connectivity index (χ3v) is 4.74. The average molecular weight is 348 g/mol. The van der Waals surface area contributed by atoms with Gasteiger partial charge >= 0.3 is 6.09 Å². The first-order valence-electron chi connectivity index (χ1n) is 8.75. The molecule has 6 nitrogen and oxygen atoms in total. The molecule has 25 heavy (non-hydrogen) atoms. The fourth-order valence-corrected chi connectivity index (χ4v) is 2.93. The summed E-state index contributed by atoms with van der Waals surface area (Å²) in [5, 5.41) is 3.13. The first-order valence-corrected chi connectivity index (χ1v) is 8.75. The van der Waals surface area contributed by atoms with E-state index in [2.05, 4.69) is 5.32 Å². The molecule has 2 rings (SSSR count). The molecule has 1 N–H and O–H groups in total. The number of methoxy groups -OCH3 is 1. The van der Waals surface area contributed by atoms with Gasteiger partial charge in [0.25, 0.3) is 0 Å². The van der Waals surface area contributed by atoms with Crippen molar-refractivity contribution in [3.63, 3.8) is 0 Å². The molecular weight excluding hydrogens is 320 g/mol. The minimum atomic E-state index is -0.634. The summed E-state index contributed by atoms with van der Waals surface area (Å²) in [6.07, 6.45) is 1.21. The van der Waals surface area contributed by atoms with Crippen LogP contribution < -0.4 is 10.1 Å². The summed E-state index contributed by atoms with van der Waals surface area (Å²) >= 11 is 0. The molecule has 0 aromatic heterocycles. The lowest BCUT2D eigenvalue weighted by atomic mass is 9.83. The van der Waals surface area contributed by atoms with Gasteiger partial charge in [-0.15, -0.1) is 0 Å². The molecular formula is C19H28N2O4. The highest BCUT2D eigenvalue weighted by Gasteiger charge is 2.32. The minimum absolute atomic E-state index is 0.00717. The van der Waals surface area contributed by atoms with Gasteiger partial charge in [-0.05, 0) is 51.3 Å². The Balaban J connectivity index is 1.91. The third-order valence-electron chi connectivity index (χ3n) is 4.74. The molecule has 0 bridgehead atoms. The maximum absolute atomic E-state index is 12.8. The number of nitrogens with zero attached hydrogens (tertiary/aromatic N) is 1. The van der Waals surface area contributed by atoms with Crippen LogP contribution in [0.15, 0.2) is 24.3 Å². The van der Waals surface area contributed by atoms with E-state index in [4.69, 9.17) is 9.47 Å². The highest BCUT2D eigenvalue weighted by molar-refractivity contribution is 5.87. The van der Waals surface area contributed by atoms with Crippen molar-refractivity contribution in [2.45, 2.75) is 45.1 Å². The van der Waals surface area contributed by atoms with Crippen LogP contribution in [-0.4, -0.2) is 49.7 Å². The van der Waals surface area contributed by atoms with E-state index in [1.54, 1.807) is 18.9 Å². The number of piperidine rings is 1. The Bertz CT molecular complexity index is 590. The number of carbonyl (C=O) groups is 2. The highest BCUT2D eigenvalue weighted by Crippen LogP contribution is 2.26. The predicted octanol–water partition coefficient (Wildman–Crippen LogP) is 2.71. The molecule has 2 amide bonds. The normalized spacial score (nSPS) is 15.6. The van der Waals surface area contributed by atoms with Crippen molar-refractivity contribution >= 4 is 12.0 Å². The van der Waals surface area contributed by atoms with Gasteiger partial charge in [0.2, 0.25) is 5.91 Å². The number of likely N-dealkylation sites (tertiary alicyclic amines) is 1. The summed E-state index contributed by atoms with van der Waals surface area (Å²) in [6, 6.07) is 7.64. The predicted molar refractivity (Wildman–Crippen MR) is 95.8 cm³/mol. The van der Waals surface area contributed by atoms with Crippen molar-refractivity contribution in [2.24, 2.45) is 0 Å². The summed E-state index contributed by atoms with van der Waals surface area (Å²) in [6.45, 7) is 7.22. The third kappa shape index (κ3) is 4.65. The van der Waals surface area contributed by atoms with Crippen LogP contribution in [0, 0.1) is 0 Å². The Morgan fingerprint density at radius 3 is 2.32 bits per heavy atom. The second-order valence-corrected chi connectivity index (χ2v) is 6.79. The number of ether oxygens (including phenoxy) is 2. The van der Waals surface area contributed by atoms with Crippen LogP contribution in [0.1, 0.15) is 39.2 Å². The smallest absolute Gasteiger partial charge is 0.409 e. The number of carbonyl (C=O) groups excluding carboxylic acids is 2. The monoisotopic (exact) mass is 348 g/mol. The average Bonchev–Trinajstić information content (AvgIpc) is 2.62. The topological polar surface area (TPSA) is 67.9 Å². The number of rotatable bonds is 5. The second-order valence-electron chi connectivity index (χ2n) is 6.79. The van der Waals surface area contributed by atoms with Gasteiger partial charge in [-0.25, -0.2) is 4.79 Å². The van der Waals surface area contributed by atoms with E-state index in [1.807, 2.05) is 38.1 Å². The van der Waals surface area contributed by atoms with E-state index in [9.17, 15) is 9.59 Å². The molecule has 138 valence electrons. The summed E-state index contributed by atoms with van der Waals surface area (Å²) in [5.41, 5.74) is 0.305. The second kappa shape index (κ2) is 8.23. The Labute approximate surface area is 149 Å². The molecule has 1 aromatic rings. The van der Waals surface area contributed by atoms with Crippen LogP contribution in [0.4, 0.5) is 4.79 Å². The van der Waals surface area contributed by atoms with E-state index in [0.29, 0.717) is 19.7 Å². The molecule has 0 radical (unpaired) electrons. The number of nitrogens with one attached hydrogen (secondary N) is 1. The lowest BCUT2D eigenvalue weighted by Gasteiger charge is -2.34. The SMILES string of the molecule is CCOC(=O)N1CCC(NC(=O)C(C)(C)c2ccc(OC)cc2)CC1. The van der Waals surface area contributed by atoms with E-state index in [-0.39, 0.29) is 18.0 Å². The zero-order chi connectivity index (χ0) is 18.4. The van der Waals surface area contributed by atoms with Crippen molar-refractivity contribution in [1.82, 2.24) is 10.2 Å². The molecule has 0 atom stereocenters. The van der Waals surface area contributed by atoms with Gasteiger partial charge in [-0.1, -0.05) is 12.1 Å². The molecule has 1 aliphatic heterocycles. The summed E-state index contributed by atoms with van der Waals surface area (Å²) in [4.78, 5) is 26.2. The van der Waals surface area contributed by atoms with Crippen LogP contribution in [0.5, 0.6) is 5.75 Å². The van der Waals surface area contributed by atoms with E-state index in [0.717, 1.165) is 24.2 Å². The number of hydrogen-bond acceptors (Lipinski definition) is 4. The zero-order valence-corrected chi connectivity index (χ0v) is 15.5. The molecule has 0 aliphatic carbocycles.